The number of carboxylic acid groups (broad SMARTS) is 1. The molecule has 0 unspecified atom stereocenters. The largest absolute Gasteiger partial charge is 0.480 e. The number of nitrogens with zero attached hydrogens (tertiary/aromatic N) is 1. The fourth-order valence-corrected chi connectivity index (χ4v) is 3.92. The van der Waals surface area contributed by atoms with Gasteiger partial charge in [0.15, 0.2) is 6.04 Å². The van der Waals surface area contributed by atoms with E-state index >= 15 is 0 Å². The molecule has 1 aromatic heterocycles. The van der Waals surface area contributed by atoms with E-state index in [-0.39, 0.29) is 17.3 Å². The maximum atomic E-state index is 13.5. The average molecular weight is 526 g/mol. The lowest BCUT2D eigenvalue weighted by Crippen LogP contribution is -2.57. The molecule has 0 spiro atoms. The van der Waals surface area contributed by atoms with Crippen LogP contribution < -0.4 is 27.6 Å². The van der Waals surface area contributed by atoms with Gasteiger partial charge in [0, 0.05) is 6.42 Å². The highest BCUT2D eigenvalue weighted by Crippen LogP contribution is 2.14. The zero-order chi connectivity index (χ0) is 28.0. The Balaban J connectivity index is 2.03. The van der Waals surface area contributed by atoms with E-state index in [9.17, 15) is 39.0 Å². The summed E-state index contributed by atoms with van der Waals surface area (Å²) in [5.41, 5.74) is 4.46. The Kier molecular flexibility index (Phi) is 8.76. The molecule has 0 aliphatic carbocycles. The number of hydrogen-bond acceptors (Lipinski definition) is 7. The molecule has 38 heavy (non-hydrogen) atoms. The number of para-hydroxylation sites is 1. The topological polar surface area (TPSA) is 214 Å². The molecule has 3 aromatic rings. The van der Waals surface area contributed by atoms with Crippen molar-refractivity contribution >= 4 is 34.6 Å². The molecule has 0 aliphatic heterocycles. The SMILES string of the molecule is C[C@@H](O)[C@H](NC(=O)[C@H](CC(N)=O)NC(=O)[C@H](Cc1ccccc1)n1c(=O)[nH]c2ccccc2c1=O)C(=O)O. The highest BCUT2D eigenvalue weighted by Gasteiger charge is 2.33. The van der Waals surface area contributed by atoms with Gasteiger partial charge in [-0.2, -0.15) is 0 Å². The molecular weight excluding hydrogens is 498 g/mol. The van der Waals surface area contributed by atoms with Crippen molar-refractivity contribution < 1.29 is 29.4 Å². The number of primary amides is 1. The number of carboxylic acids is 1. The van der Waals surface area contributed by atoms with Gasteiger partial charge in [-0.05, 0) is 24.6 Å². The lowest BCUT2D eigenvalue weighted by atomic mass is 10.0. The normalized spacial score (nSPS) is 14.2. The standard InChI is InChI=1S/C25H27N5O8/c1-13(31)20(24(36)37)29-21(33)17(12-19(26)32)27-22(34)18(11-14-7-3-2-4-8-14)30-23(35)15-9-5-6-10-16(15)28-25(30)38/h2-10,13,17-18,20,31H,11-12H2,1H3,(H2,26,32)(H,27,34)(H,28,38)(H,29,33)(H,36,37)/t13-,17+,18+,20+/m1/s1. The molecule has 13 nitrogen and oxygen atoms in total. The first kappa shape index (κ1) is 27.8. The van der Waals surface area contributed by atoms with Crippen molar-refractivity contribution in [1.29, 1.82) is 0 Å². The fourth-order valence-electron chi connectivity index (χ4n) is 3.92. The lowest BCUT2D eigenvalue weighted by molar-refractivity contribution is -0.145. The van der Waals surface area contributed by atoms with Crippen LogP contribution in [0.25, 0.3) is 10.9 Å². The van der Waals surface area contributed by atoms with Gasteiger partial charge in [-0.15, -0.1) is 0 Å². The van der Waals surface area contributed by atoms with Gasteiger partial charge in [0.2, 0.25) is 17.7 Å². The summed E-state index contributed by atoms with van der Waals surface area (Å²) < 4.78 is 0.722. The summed E-state index contributed by atoms with van der Waals surface area (Å²) in [7, 11) is 0. The Morgan fingerprint density at radius 3 is 2.21 bits per heavy atom. The molecule has 3 rings (SSSR count). The number of rotatable bonds is 11. The van der Waals surface area contributed by atoms with Gasteiger partial charge in [0.25, 0.3) is 5.56 Å². The summed E-state index contributed by atoms with van der Waals surface area (Å²) in [6, 6.07) is 9.85. The number of carbonyl (C=O) groups is 4. The van der Waals surface area contributed by atoms with Crippen molar-refractivity contribution in [3.05, 3.63) is 81.0 Å². The Morgan fingerprint density at radius 1 is 0.974 bits per heavy atom. The minimum absolute atomic E-state index is 0.135. The predicted molar refractivity (Wildman–Crippen MR) is 135 cm³/mol. The highest BCUT2D eigenvalue weighted by atomic mass is 16.4. The van der Waals surface area contributed by atoms with Gasteiger partial charge in [0.05, 0.1) is 23.4 Å². The number of aliphatic carboxylic acids is 1. The predicted octanol–water partition coefficient (Wildman–Crippen LogP) is -1.22. The zero-order valence-electron chi connectivity index (χ0n) is 20.3. The number of amides is 3. The van der Waals surface area contributed by atoms with E-state index in [0.29, 0.717) is 5.56 Å². The van der Waals surface area contributed by atoms with Crippen molar-refractivity contribution in [2.75, 3.05) is 0 Å². The molecule has 2 aromatic carbocycles. The van der Waals surface area contributed by atoms with E-state index < -0.39 is 65.6 Å². The van der Waals surface area contributed by atoms with Crippen LogP contribution in [0.2, 0.25) is 0 Å². The third-order valence-electron chi connectivity index (χ3n) is 5.81. The second-order valence-electron chi connectivity index (χ2n) is 8.65. The number of nitrogens with one attached hydrogen (secondary N) is 3. The molecule has 3 amide bonds. The molecule has 0 saturated heterocycles. The van der Waals surface area contributed by atoms with Crippen molar-refractivity contribution in [1.82, 2.24) is 20.2 Å². The number of aliphatic hydroxyl groups excluding tert-OH is 1. The van der Waals surface area contributed by atoms with Crippen LogP contribution in [0.4, 0.5) is 0 Å². The molecule has 0 aliphatic rings. The first-order chi connectivity index (χ1) is 18.0. The summed E-state index contributed by atoms with van der Waals surface area (Å²) in [6.07, 6.45) is -2.35. The van der Waals surface area contributed by atoms with E-state index in [1.54, 1.807) is 42.5 Å². The first-order valence-corrected chi connectivity index (χ1v) is 11.6. The average Bonchev–Trinajstić information content (AvgIpc) is 2.86. The lowest BCUT2D eigenvalue weighted by Gasteiger charge is -2.25. The number of nitrogens with two attached hydrogens (primary N) is 1. The number of H-pyrrole nitrogens is 1. The molecular formula is C25H27N5O8. The van der Waals surface area contributed by atoms with E-state index in [1.165, 1.54) is 12.1 Å². The number of hydrogen-bond donors (Lipinski definition) is 6. The Labute approximate surface area is 215 Å². The molecule has 7 N–H and O–H groups in total. The second kappa shape index (κ2) is 12.0. The summed E-state index contributed by atoms with van der Waals surface area (Å²) in [5, 5.41) is 23.4. The Hall–Kier alpha value is -4.78. The monoisotopic (exact) mass is 525 g/mol. The minimum Gasteiger partial charge on any atom is -0.480 e. The number of benzene rings is 2. The molecule has 0 radical (unpaired) electrons. The molecule has 0 fully saturated rings. The van der Waals surface area contributed by atoms with Gasteiger partial charge in [0.1, 0.15) is 12.1 Å². The molecule has 1 heterocycles. The summed E-state index contributed by atoms with van der Waals surface area (Å²) in [4.78, 5) is 78.2. The van der Waals surface area contributed by atoms with Crippen LogP contribution in [0.3, 0.4) is 0 Å². The van der Waals surface area contributed by atoms with Gasteiger partial charge in [-0.25, -0.2) is 14.2 Å². The first-order valence-electron chi connectivity index (χ1n) is 11.6. The van der Waals surface area contributed by atoms with E-state index in [1.807, 2.05) is 0 Å². The van der Waals surface area contributed by atoms with Crippen molar-refractivity contribution in [2.45, 2.75) is 44.0 Å². The molecule has 4 atom stereocenters. The third-order valence-corrected chi connectivity index (χ3v) is 5.81. The van der Waals surface area contributed by atoms with Gasteiger partial charge < -0.3 is 31.6 Å². The summed E-state index contributed by atoms with van der Waals surface area (Å²) >= 11 is 0. The molecule has 0 bridgehead atoms. The van der Waals surface area contributed by atoms with Crippen LogP contribution in [0, 0.1) is 0 Å². The maximum Gasteiger partial charge on any atom is 0.329 e. The van der Waals surface area contributed by atoms with E-state index in [2.05, 4.69) is 15.6 Å². The van der Waals surface area contributed by atoms with Crippen LogP contribution in [0.5, 0.6) is 0 Å². The van der Waals surface area contributed by atoms with Crippen molar-refractivity contribution in [2.24, 2.45) is 5.73 Å². The number of carbonyl (C=O) groups excluding carboxylic acids is 3. The highest BCUT2D eigenvalue weighted by molar-refractivity contribution is 5.94. The third kappa shape index (κ3) is 6.50. The van der Waals surface area contributed by atoms with Crippen LogP contribution >= 0.6 is 0 Å². The van der Waals surface area contributed by atoms with E-state index in [0.717, 1.165) is 11.5 Å². The number of aliphatic hydroxyl groups is 1. The zero-order valence-corrected chi connectivity index (χ0v) is 20.3. The van der Waals surface area contributed by atoms with Crippen molar-refractivity contribution in [3.8, 4) is 0 Å². The van der Waals surface area contributed by atoms with Gasteiger partial charge in [-0.3, -0.25) is 19.2 Å². The summed E-state index contributed by atoms with van der Waals surface area (Å²) in [6.45, 7) is 1.13. The second-order valence-corrected chi connectivity index (χ2v) is 8.65. The number of aromatic amines is 1. The fraction of sp³-hybridized carbons (Fsp3) is 0.280. The minimum atomic E-state index is -1.74. The maximum absolute atomic E-state index is 13.5. The van der Waals surface area contributed by atoms with Crippen LogP contribution in [0.1, 0.15) is 24.9 Å². The quantitative estimate of drug-likeness (QED) is 0.178. The Morgan fingerprint density at radius 2 is 1.61 bits per heavy atom. The van der Waals surface area contributed by atoms with Crippen LogP contribution in [-0.2, 0) is 25.6 Å². The number of aromatic nitrogens is 2. The van der Waals surface area contributed by atoms with E-state index in [4.69, 9.17) is 5.73 Å². The van der Waals surface area contributed by atoms with Gasteiger partial charge in [-0.1, -0.05) is 42.5 Å². The molecule has 13 heteroatoms. The molecule has 0 saturated carbocycles. The molecule has 200 valence electrons. The number of fused-ring (bicyclic) bond motifs is 1. The van der Waals surface area contributed by atoms with Gasteiger partial charge >= 0.3 is 11.7 Å². The Bertz CT molecular complexity index is 1460. The van der Waals surface area contributed by atoms with Crippen LogP contribution in [0.15, 0.2) is 64.2 Å². The smallest absolute Gasteiger partial charge is 0.329 e. The van der Waals surface area contributed by atoms with Crippen molar-refractivity contribution in [3.63, 3.8) is 0 Å². The van der Waals surface area contributed by atoms with Crippen LogP contribution in [-0.4, -0.2) is 61.6 Å². The summed E-state index contributed by atoms with van der Waals surface area (Å²) in [5.74, 6) is -4.62.